The fourth-order valence-corrected chi connectivity index (χ4v) is 3.27. The zero-order valence-corrected chi connectivity index (χ0v) is 13.7. The molecule has 1 saturated carbocycles. The minimum Gasteiger partial charge on any atom is -0.378 e. The zero-order chi connectivity index (χ0) is 15.3. The summed E-state index contributed by atoms with van der Waals surface area (Å²) in [5.74, 6) is -0.283. The van der Waals surface area contributed by atoms with Crippen LogP contribution in [0.15, 0.2) is 18.2 Å². The summed E-state index contributed by atoms with van der Waals surface area (Å²) in [5, 5.41) is 4.10. The van der Waals surface area contributed by atoms with E-state index in [9.17, 15) is 4.39 Å². The van der Waals surface area contributed by atoms with Gasteiger partial charge in [-0.1, -0.05) is 24.6 Å². The molecule has 1 atom stereocenters. The van der Waals surface area contributed by atoms with Gasteiger partial charge < -0.3 is 10.1 Å². The Balaban J connectivity index is 2.04. The third-order valence-corrected chi connectivity index (χ3v) is 4.83. The van der Waals surface area contributed by atoms with Gasteiger partial charge in [-0.25, -0.2) is 4.39 Å². The maximum atomic E-state index is 13.2. The van der Waals surface area contributed by atoms with Gasteiger partial charge in [0.2, 0.25) is 0 Å². The van der Waals surface area contributed by atoms with E-state index >= 15 is 0 Å². The van der Waals surface area contributed by atoms with E-state index in [1.807, 2.05) is 0 Å². The first kappa shape index (κ1) is 16.7. The summed E-state index contributed by atoms with van der Waals surface area (Å²) in [7, 11) is 1.81. The average Bonchev–Trinajstić information content (AvgIpc) is 2.42. The third kappa shape index (κ3) is 4.41. The van der Waals surface area contributed by atoms with Gasteiger partial charge in [-0.3, -0.25) is 0 Å². The topological polar surface area (TPSA) is 21.3 Å². The number of benzene rings is 1. The van der Waals surface area contributed by atoms with Gasteiger partial charge in [0, 0.05) is 18.2 Å². The van der Waals surface area contributed by atoms with Crippen molar-refractivity contribution in [1.29, 1.82) is 0 Å². The predicted octanol–water partition coefficient (Wildman–Crippen LogP) is 4.35. The Bertz CT molecular complexity index is 457. The summed E-state index contributed by atoms with van der Waals surface area (Å²) in [6.45, 7) is 3.13. The van der Waals surface area contributed by atoms with Crippen molar-refractivity contribution < 1.29 is 9.13 Å². The molecule has 0 bridgehead atoms. The lowest BCUT2D eigenvalue weighted by atomic mass is 9.75. The fraction of sp³-hybridized carbons (Fsp3) is 0.647. The molecule has 0 saturated heterocycles. The van der Waals surface area contributed by atoms with E-state index in [0.29, 0.717) is 11.1 Å². The molecule has 4 heteroatoms. The highest BCUT2D eigenvalue weighted by Gasteiger charge is 2.38. The number of halogens is 2. The average molecular weight is 314 g/mol. The molecule has 21 heavy (non-hydrogen) atoms. The molecule has 1 aromatic rings. The van der Waals surface area contributed by atoms with Crippen molar-refractivity contribution in [2.75, 3.05) is 13.7 Å². The van der Waals surface area contributed by atoms with Crippen LogP contribution >= 0.6 is 11.6 Å². The lowest BCUT2D eigenvalue weighted by Gasteiger charge is -2.43. The van der Waals surface area contributed by atoms with Crippen molar-refractivity contribution in [2.45, 2.75) is 57.1 Å². The zero-order valence-electron chi connectivity index (χ0n) is 12.9. The van der Waals surface area contributed by atoms with Crippen LogP contribution in [-0.4, -0.2) is 25.3 Å². The quantitative estimate of drug-likeness (QED) is 0.770. The van der Waals surface area contributed by atoms with E-state index in [0.717, 1.165) is 44.2 Å². The number of hydrogen-bond acceptors (Lipinski definition) is 2. The Morgan fingerprint density at radius 3 is 2.71 bits per heavy atom. The maximum Gasteiger partial charge on any atom is 0.124 e. The van der Waals surface area contributed by atoms with Crippen LogP contribution in [-0.2, 0) is 11.2 Å². The molecule has 2 rings (SSSR count). The molecule has 1 aliphatic rings. The lowest BCUT2D eigenvalue weighted by Crippen LogP contribution is -2.46. The van der Waals surface area contributed by atoms with Crippen LogP contribution in [0.2, 0.25) is 5.02 Å². The number of hydrogen-bond donors (Lipinski definition) is 1. The normalized spacial score (nSPS) is 18.3. The van der Waals surface area contributed by atoms with Crippen LogP contribution in [0.5, 0.6) is 0 Å². The largest absolute Gasteiger partial charge is 0.378 e. The molecular weight excluding hydrogens is 289 g/mol. The Morgan fingerprint density at radius 1 is 1.43 bits per heavy atom. The minimum absolute atomic E-state index is 0.0257. The van der Waals surface area contributed by atoms with Crippen molar-refractivity contribution in [3.05, 3.63) is 34.6 Å². The van der Waals surface area contributed by atoms with Crippen molar-refractivity contribution in [3.8, 4) is 0 Å². The number of nitrogens with one attached hydrogen (secondary N) is 1. The molecule has 0 radical (unpaired) electrons. The van der Waals surface area contributed by atoms with E-state index in [1.165, 1.54) is 18.6 Å². The Hall–Kier alpha value is -0.640. The first-order valence-electron chi connectivity index (χ1n) is 7.81. The van der Waals surface area contributed by atoms with E-state index in [2.05, 4.69) is 12.2 Å². The minimum atomic E-state index is -0.283. The summed E-state index contributed by atoms with van der Waals surface area (Å²) in [5.41, 5.74) is 1.02. The summed E-state index contributed by atoms with van der Waals surface area (Å²) in [6.07, 6.45) is 6.39. The highest BCUT2D eigenvalue weighted by atomic mass is 35.5. The van der Waals surface area contributed by atoms with Crippen molar-refractivity contribution in [1.82, 2.24) is 5.32 Å². The first-order chi connectivity index (χ1) is 10.1. The molecule has 1 unspecified atom stereocenters. The molecule has 0 aromatic heterocycles. The number of ether oxygens (including phenoxy) is 1. The smallest absolute Gasteiger partial charge is 0.124 e. The van der Waals surface area contributed by atoms with E-state index < -0.39 is 0 Å². The third-order valence-electron chi connectivity index (χ3n) is 4.48. The molecule has 1 fully saturated rings. The maximum absolute atomic E-state index is 13.2. The van der Waals surface area contributed by atoms with Crippen LogP contribution in [0.1, 0.15) is 44.6 Å². The summed E-state index contributed by atoms with van der Waals surface area (Å²) in [4.78, 5) is 0. The van der Waals surface area contributed by atoms with Gasteiger partial charge in [0.15, 0.2) is 0 Å². The lowest BCUT2D eigenvalue weighted by molar-refractivity contribution is -0.0834. The second-order valence-electron chi connectivity index (χ2n) is 6.04. The molecular formula is C17H25ClFNO. The van der Waals surface area contributed by atoms with Gasteiger partial charge >= 0.3 is 0 Å². The van der Waals surface area contributed by atoms with Crippen LogP contribution in [0, 0.1) is 5.82 Å². The van der Waals surface area contributed by atoms with Crippen LogP contribution < -0.4 is 5.32 Å². The molecule has 2 nitrogen and oxygen atoms in total. The van der Waals surface area contributed by atoms with Gasteiger partial charge in [0.1, 0.15) is 5.82 Å². The number of rotatable bonds is 8. The Morgan fingerprint density at radius 2 is 2.19 bits per heavy atom. The molecule has 0 heterocycles. The predicted molar refractivity (Wildman–Crippen MR) is 85.4 cm³/mol. The Kier molecular flexibility index (Phi) is 6.03. The molecule has 0 aliphatic heterocycles. The monoisotopic (exact) mass is 313 g/mol. The fourth-order valence-electron chi connectivity index (χ4n) is 3.03. The van der Waals surface area contributed by atoms with E-state index in [-0.39, 0.29) is 11.4 Å². The van der Waals surface area contributed by atoms with Crippen molar-refractivity contribution in [3.63, 3.8) is 0 Å². The molecule has 118 valence electrons. The number of methoxy groups -OCH3 is 1. The van der Waals surface area contributed by atoms with Gasteiger partial charge in [-0.2, -0.15) is 0 Å². The molecule has 0 amide bonds. The SMILES string of the molecule is CCCNC(Cc1ccc(F)cc1Cl)CC1(OC)CCC1. The molecule has 1 N–H and O–H groups in total. The van der Waals surface area contributed by atoms with E-state index in [4.69, 9.17) is 16.3 Å². The Labute approximate surface area is 132 Å². The summed E-state index contributed by atoms with van der Waals surface area (Å²) in [6, 6.07) is 4.98. The van der Waals surface area contributed by atoms with E-state index in [1.54, 1.807) is 13.2 Å². The molecule has 1 aliphatic carbocycles. The van der Waals surface area contributed by atoms with Gasteiger partial charge in [-0.15, -0.1) is 0 Å². The van der Waals surface area contributed by atoms with Gasteiger partial charge in [0.05, 0.1) is 5.60 Å². The van der Waals surface area contributed by atoms with Gasteiger partial charge in [-0.05, 0) is 62.8 Å². The second kappa shape index (κ2) is 7.57. The highest BCUT2D eigenvalue weighted by molar-refractivity contribution is 6.31. The van der Waals surface area contributed by atoms with Gasteiger partial charge in [0.25, 0.3) is 0 Å². The second-order valence-corrected chi connectivity index (χ2v) is 6.44. The van der Waals surface area contributed by atoms with Crippen LogP contribution in [0.25, 0.3) is 0 Å². The van der Waals surface area contributed by atoms with Crippen LogP contribution in [0.3, 0.4) is 0 Å². The summed E-state index contributed by atoms with van der Waals surface area (Å²) >= 11 is 6.16. The highest BCUT2D eigenvalue weighted by Crippen LogP contribution is 2.39. The van der Waals surface area contributed by atoms with Crippen molar-refractivity contribution in [2.24, 2.45) is 0 Å². The standard InChI is InChI=1S/C17H25ClFNO/c1-3-9-20-15(12-17(21-2)7-4-8-17)10-13-5-6-14(19)11-16(13)18/h5-6,11,15,20H,3-4,7-10,12H2,1-2H3. The summed E-state index contributed by atoms with van der Waals surface area (Å²) < 4.78 is 18.9. The molecule has 0 spiro atoms. The first-order valence-corrected chi connectivity index (χ1v) is 8.19. The molecule has 1 aromatic carbocycles. The van der Waals surface area contributed by atoms with Crippen LogP contribution in [0.4, 0.5) is 4.39 Å². The van der Waals surface area contributed by atoms with Crippen molar-refractivity contribution >= 4 is 11.6 Å².